The first-order chi connectivity index (χ1) is 6.32. The molecule has 1 aliphatic rings. The molecule has 0 saturated heterocycles. The zero-order valence-corrected chi connectivity index (χ0v) is 7.48. The van der Waals surface area contributed by atoms with Crippen molar-refractivity contribution in [2.45, 2.75) is 25.9 Å². The summed E-state index contributed by atoms with van der Waals surface area (Å²) in [6.45, 7) is 1.37. The van der Waals surface area contributed by atoms with Crippen molar-refractivity contribution >= 4 is 5.97 Å². The Bertz CT molecular complexity index is 323. The number of aliphatic carboxylic acids is 1. The van der Waals surface area contributed by atoms with Crippen LogP contribution in [0.15, 0.2) is 22.8 Å². The number of hydrogen-bond donors (Lipinski definition) is 1. The van der Waals surface area contributed by atoms with Crippen LogP contribution in [0.3, 0.4) is 0 Å². The number of hydrogen-bond acceptors (Lipinski definition) is 1. The predicted octanol–water partition coefficient (Wildman–Crippen LogP) is 2.67. The fourth-order valence-electron chi connectivity index (χ4n) is 1.32. The minimum atomic E-state index is -4.45. The van der Waals surface area contributed by atoms with Crippen LogP contribution in [0.2, 0.25) is 0 Å². The van der Waals surface area contributed by atoms with Crippen LogP contribution in [0, 0.1) is 0 Å². The molecule has 0 bridgehead atoms. The van der Waals surface area contributed by atoms with E-state index in [-0.39, 0.29) is 24.0 Å². The molecule has 0 heterocycles. The number of carboxylic acids is 1. The number of allylic oxidation sites excluding steroid dienone is 3. The Morgan fingerprint density at radius 3 is 2.43 bits per heavy atom. The summed E-state index contributed by atoms with van der Waals surface area (Å²) in [6.07, 6.45) is -3.40. The van der Waals surface area contributed by atoms with Gasteiger partial charge >= 0.3 is 12.1 Å². The lowest BCUT2D eigenvalue weighted by Crippen LogP contribution is -2.17. The van der Waals surface area contributed by atoms with Crippen molar-refractivity contribution < 1.29 is 23.1 Å². The van der Waals surface area contributed by atoms with E-state index in [1.165, 1.54) is 6.92 Å². The van der Waals surface area contributed by atoms with Gasteiger partial charge in [-0.3, -0.25) is 0 Å². The molecule has 1 aliphatic carbocycles. The van der Waals surface area contributed by atoms with Gasteiger partial charge in [0.1, 0.15) is 0 Å². The average molecular weight is 206 g/mol. The van der Waals surface area contributed by atoms with Crippen molar-refractivity contribution in [3.05, 3.63) is 22.8 Å². The average Bonchev–Trinajstić information content (AvgIpc) is 2.02. The Morgan fingerprint density at radius 1 is 1.43 bits per heavy atom. The molecule has 0 amide bonds. The van der Waals surface area contributed by atoms with Gasteiger partial charge in [0.2, 0.25) is 0 Å². The van der Waals surface area contributed by atoms with Crippen LogP contribution in [0.5, 0.6) is 0 Å². The molecule has 0 aliphatic heterocycles. The van der Waals surface area contributed by atoms with Crippen molar-refractivity contribution in [2.75, 3.05) is 0 Å². The highest BCUT2D eigenvalue weighted by Gasteiger charge is 2.35. The molecule has 0 unspecified atom stereocenters. The van der Waals surface area contributed by atoms with E-state index in [4.69, 9.17) is 5.11 Å². The minimum Gasteiger partial charge on any atom is -0.478 e. The molecule has 0 aromatic carbocycles. The second-order valence-electron chi connectivity index (χ2n) is 3.17. The highest BCUT2D eigenvalue weighted by Crippen LogP contribution is 2.35. The molecule has 1 rings (SSSR count). The van der Waals surface area contributed by atoms with Crippen LogP contribution in [0.1, 0.15) is 19.8 Å². The van der Waals surface area contributed by atoms with Crippen LogP contribution < -0.4 is 0 Å². The van der Waals surface area contributed by atoms with E-state index in [9.17, 15) is 18.0 Å². The van der Waals surface area contributed by atoms with Gasteiger partial charge in [0.05, 0.1) is 5.57 Å². The molecular weight excluding hydrogens is 197 g/mol. The fraction of sp³-hybridized carbons (Fsp3) is 0.444. The number of carbonyl (C=O) groups is 1. The Balaban J connectivity index is 3.09. The Hall–Kier alpha value is -1.26. The quantitative estimate of drug-likeness (QED) is 0.716. The largest absolute Gasteiger partial charge is 0.478 e. The maximum Gasteiger partial charge on any atom is 0.416 e. The lowest BCUT2D eigenvalue weighted by molar-refractivity contribution is -0.132. The van der Waals surface area contributed by atoms with Gasteiger partial charge in [-0.15, -0.1) is 0 Å². The SMILES string of the molecule is CC1=C(C(F)(F)F)C=C(C(=O)O)CC1. The Morgan fingerprint density at radius 2 is 2.00 bits per heavy atom. The molecule has 0 saturated carbocycles. The lowest BCUT2D eigenvalue weighted by atomic mass is 9.93. The maximum absolute atomic E-state index is 12.3. The van der Waals surface area contributed by atoms with E-state index in [0.29, 0.717) is 0 Å². The standard InChI is InChI=1S/C9H9F3O2/c1-5-2-3-6(8(13)14)4-7(5)9(10,11)12/h4H,2-3H2,1H3,(H,13,14). The molecule has 2 nitrogen and oxygen atoms in total. The van der Waals surface area contributed by atoms with Gasteiger partial charge in [-0.2, -0.15) is 13.2 Å². The number of halogens is 3. The van der Waals surface area contributed by atoms with Gasteiger partial charge in [-0.05, 0) is 25.8 Å². The van der Waals surface area contributed by atoms with Crippen molar-refractivity contribution in [3.8, 4) is 0 Å². The van der Waals surface area contributed by atoms with Crippen molar-refractivity contribution in [2.24, 2.45) is 0 Å². The first-order valence-corrected chi connectivity index (χ1v) is 4.03. The van der Waals surface area contributed by atoms with Gasteiger partial charge in [0.25, 0.3) is 0 Å². The first-order valence-electron chi connectivity index (χ1n) is 4.03. The van der Waals surface area contributed by atoms with Crippen LogP contribution in [-0.4, -0.2) is 17.3 Å². The smallest absolute Gasteiger partial charge is 0.416 e. The molecule has 5 heteroatoms. The molecular formula is C9H9F3O2. The van der Waals surface area contributed by atoms with E-state index in [1.807, 2.05) is 0 Å². The van der Waals surface area contributed by atoms with E-state index >= 15 is 0 Å². The van der Waals surface area contributed by atoms with Crippen LogP contribution in [0.4, 0.5) is 13.2 Å². The summed E-state index contributed by atoms with van der Waals surface area (Å²) in [5, 5.41) is 8.55. The van der Waals surface area contributed by atoms with Crippen molar-refractivity contribution in [1.82, 2.24) is 0 Å². The summed E-state index contributed by atoms with van der Waals surface area (Å²) in [6, 6.07) is 0. The van der Waals surface area contributed by atoms with Crippen LogP contribution >= 0.6 is 0 Å². The summed E-state index contributed by atoms with van der Waals surface area (Å²) < 4.78 is 37.0. The van der Waals surface area contributed by atoms with Crippen LogP contribution in [0.25, 0.3) is 0 Å². The molecule has 0 fully saturated rings. The summed E-state index contributed by atoms with van der Waals surface area (Å²) in [5.74, 6) is -1.28. The van der Waals surface area contributed by atoms with Gasteiger partial charge in [-0.25, -0.2) is 4.79 Å². The third kappa shape index (κ3) is 2.16. The van der Waals surface area contributed by atoms with Gasteiger partial charge in [-0.1, -0.05) is 5.57 Å². The molecule has 0 aromatic heterocycles. The van der Waals surface area contributed by atoms with Crippen molar-refractivity contribution in [1.29, 1.82) is 0 Å². The predicted molar refractivity (Wildman–Crippen MR) is 43.7 cm³/mol. The van der Waals surface area contributed by atoms with Crippen molar-refractivity contribution in [3.63, 3.8) is 0 Å². The highest BCUT2D eigenvalue weighted by molar-refractivity contribution is 5.87. The van der Waals surface area contributed by atoms with E-state index in [0.717, 1.165) is 6.08 Å². The van der Waals surface area contributed by atoms with Gasteiger partial charge in [0, 0.05) is 5.57 Å². The summed E-state index contributed by atoms with van der Waals surface area (Å²) >= 11 is 0. The topological polar surface area (TPSA) is 37.3 Å². The Labute approximate surface area is 78.7 Å². The third-order valence-corrected chi connectivity index (χ3v) is 2.13. The second kappa shape index (κ2) is 3.48. The zero-order valence-electron chi connectivity index (χ0n) is 7.48. The van der Waals surface area contributed by atoms with Crippen LogP contribution in [-0.2, 0) is 4.79 Å². The number of rotatable bonds is 1. The van der Waals surface area contributed by atoms with E-state index in [2.05, 4.69) is 0 Å². The normalized spacial score (nSPS) is 18.1. The molecule has 0 radical (unpaired) electrons. The second-order valence-corrected chi connectivity index (χ2v) is 3.17. The van der Waals surface area contributed by atoms with Gasteiger partial charge < -0.3 is 5.11 Å². The zero-order chi connectivity index (χ0) is 10.9. The monoisotopic (exact) mass is 206 g/mol. The summed E-state index contributed by atoms with van der Waals surface area (Å²) in [5.41, 5.74) is -0.799. The van der Waals surface area contributed by atoms with E-state index in [1.54, 1.807) is 0 Å². The van der Waals surface area contributed by atoms with E-state index < -0.39 is 17.7 Å². The highest BCUT2D eigenvalue weighted by atomic mass is 19.4. The lowest BCUT2D eigenvalue weighted by Gasteiger charge is -2.17. The first kappa shape index (κ1) is 10.8. The third-order valence-electron chi connectivity index (χ3n) is 2.13. The summed E-state index contributed by atoms with van der Waals surface area (Å²) in [4.78, 5) is 10.5. The molecule has 0 spiro atoms. The Kier molecular flexibility index (Phi) is 2.69. The number of alkyl halides is 3. The molecule has 1 N–H and O–H groups in total. The summed E-state index contributed by atoms with van der Waals surface area (Å²) in [7, 11) is 0. The molecule has 78 valence electrons. The minimum absolute atomic E-state index is 0.160. The molecule has 14 heavy (non-hydrogen) atoms. The molecule has 0 atom stereocenters. The maximum atomic E-state index is 12.3. The number of carboxylic acid groups (broad SMARTS) is 1. The fourth-order valence-corrected chi connectivity index (χ4v) is 1.32. The molecule has 0 aromatic rings. The van der Waals surface area contributed by atoms with Gasteiger partial charge in [0.15, 0.2) is 0 Å².